The molecular formula is C32H35NO7S. The van der Waals surface area contributed by atoms with Crippen molar-refractivity contribution in [1.82, 2.24) is 4.90 Å². The van der Waals surface area contributed by atoms with Gasteiger partial charge in [0.1, 0.15) is 11.0 Å². The van der Waals surface area contributed by atoms with E-state index in [4.69, 9.17) is 9.47 Å². The fourth-order valence-electron chi connectivity index (χ4n) is 4.96. The van der Waals surface area contributed by atoms with Crippen LogP contribution in [0.5, 0.6) is 5.75 Å². The van der Waals surface area contributed by atoms with Gasteiger partial charge in [-0.25, -0.2) is 13.2 Å². The zero-order valence-electron chi connectivity index (χ0n) is 23.3. The Morgan fingerprint density at radius 1 is 0.854 bits per heavy atom. The molecule has 216 valence electrons. The molecule has 1 aliphatic heterocycles. The molecule has 0 saturated carbocycles. The Kier molecular flexibility index (Phi) is 9.94. The van der Waals surface area contributed by atoms with Gasteiger partial charge in [-0.2, -0.15) is 0 Å². The van der Waals surface area contributed by atoms with Gasteiger partial charge in [-0.1, -0.05) is 68.3 Å². The van der Waals surface area contributed by atoms with Gasteiger partial charge in [-0.05, 0) is 55.7 Å². The molecule has 0 radical (unpaired) electrons. The molecule has 3 aromatic rings. The number of hydrogen-bond donors (Lipinski definition) is 0. The summed E-state index contributed by atoms with van der Waals surface area (Å²) in [7, 11) is -3.89. The average molecular weight is 578 g/mol. The number of carbonyl (C=O) groups is 3. The van der Waals surface area contributed by atoms with Crippen molar-refractivity contribution in [2.45, 2.75) is 50.2 Å². The standard InChI is InChI=1S/C32H35NO7S/c1-3-5-15-28-30(35)33(20-10-21-40-27-18-16-24(17-19-27)32(36)39-4-2)31(41(28,37)38)26-14-9-13-25(22-26)29(34)23-11-7-6-8-12-23/h6-9,11-14,16-19,22,28,31H,3-5,10,15,20-21H2,1-2H3. The van der Waals surface area contributed by atoms with Gasteiger partial charge in [-0.15, -0.1) is 0 Å². The van der Waals surface area contributed by atoms with Crippen molar-refractivity contribution < 1.29 is 32.3 Å². The second kappa shape index (κ2) is 13.6. The Balaban J connectivity index is 1.51. The fraction of sp³-hybridized carbons (Fsp3) is 0.344. The van der Waals surface area contributed by atoms with Gasteiger partial charge in [0.25, 0.3) is 0 Å². The quantitative estimate of drug-likeness (QED) is 0.153. The van der Waals surface area contributed by atoms with E-state index in [9.17, 15) is 22.8 Å². The third kappa shape index (κ3) is 6.85. The second-order valence-corrected chi connectivity index (χ2v) is 12.1. The predicted molar refractivity (Wildman–Crippen MR) is 156 cm³/mol. The van der Waals surface area contributed by atoms with Crippen LogP contribution in [0.4, 0.5) is 0 Å². The number of esters is 1. The van der Waals surface area contributed by atoms with E-state index in [1.807, 2.05) is 13.0 Å². The van der Waals surface area contributed by atoms with Gasteiger partial charge in [0.05, 0.1) is 18.8 Å². The third-order valence-electron chi connectivity index (χ3n) is 7.02. The summed E-state index contributed by atoms with van der Waals surface area (Å²) in [5.41, 5.74) is 1.68. The summed E-state index contributed by atoms with van der Waals surface area (Å²) >= 11 is 0. The van der Waals surface area contributed by atoms with E-state index < -0.39 is 32.3 Å². The maximum atomic E-state index is 13.7. The molecule has 1 saturated heterocycles. The lowest BCUT2D eigenvalue weighted by atomic mass is 10.0. The van der Waals surface area contributed by atoms with Gasteiger partial charge in [0, 0.05) is 17.7 Å². The number of nitrogens with zero attached hydrogens (tertiary/aromatic N) is 1. The normalized spacial score (nSPS) is 17.8. The van der Waals surface area contributed by atoms with Crippen LogP contribution in [-0.4, -0.2) is 56.0 Å². The van der Waals surface area contributed by atoms with E-state index in [-0.39, 0.29) is 32.0 Å². The minimum Gasteiger partial charge on any atom is -0.494 e. The molecule has 1 heterocycles. The molecule has 41 heavy (non-hydrogen) atoms. The smallest absolute Gasteiger partial charge is 0.338 e. The van der Waals surface area contributed by atoms with Gasteiger partial charge in [0.15, 0.2) is 21.0 Å². The number of carbonyl (C=O) groups excluding carboxylic acids is 3. The molecule has 3 aromatic carbocycles. The predicted octanol–water partition coefficient (Wildman–Crippen LogP) is 5.38. The Morgan fingerprint density at radius 2 is 1.56 bits per heavy atom. The summed E-state index contributed by atoms with van der Waals surface area (Å²) in [5, 5.41) is -2.29. The number of hydrogen-bond acceptors (Lipinski definition) is 7. The highest BCUT2D eigenvalue weighted by molar-refractivity contribution is 7.93. The molecule has 1 fully saturated rings. The molecule has 2 atom stereocenters. The average Bonchev–Trinajstić information content (AvgIpc) is 3.18. The van der Waals surface area contributed by atoms with E-state index >= 15 is 0 Å². The molecule has 0 aromatic heterocycles. The summed E-state index contributed by atoms with van der Waals surface area (Å²) < 4.78 is 38.3. The zero-order valence-corrected chi connectivity index (χ0v) is 24.1. The summed E-state index contributed by atoms with van der Waals surface area (Å²) in [6, 6.07) is 21.9. The maximum Gasteiger partial charge on any atom is 0.338 e. The highest BCUT2D eigenvalue weighted by Crippen LogP contribution is 2.40. The van der Waals surface area contributed by atoms with E-state index in [0.29, 0.717) is 40.8 Å². The summed E-state index contributed by atoms with van der Waals surface area (Å²) in [5.74, 6) is -0.499. The summed E-state index contributed by atoms with van der Waals surface area (Å²) in [6.07, 6.45) is 2.04. The number of benzene rings is 3. The summed E-state index contributed by atoms with van der Waals surface area (Å²) in [6.45, 7) is 4.39. The minimum absolute atomic E-state index is 0.170. The number of amides is 1. The molecule has 1 amide bonds. The molecule has 1 aliphatic rings. The lowest BCUT2D eigenvalue weighted by Gasteiger charge is -2.24. The molecule has 0 aliphatic carbocycles. The first-order valence-corrected chi connectivity index (χ1v) is 15.5. The molecular weight excluding hydrogens is 542 g/mol. The Morgan fingerprint density at radius 3 is 2.24 bits per heavy atom. The third-order valence-corrected chi connectivity index (χ3v) is 9.40. The number of unbranched alkanes of at least 4 members (excludes halogenated alkanes) is 1. The van der Waals surface area contributed by atoms with Crippen LogP contribution in [0.2, 0.25) is 0 Å². The molecule has 0 N–H and O–H groups in total. The van der Waals surface area contributed by atoms with Crippen molar-refractivity contribution in [1.29, 1.82) is 0 Å². The van der Waals surface area contributed by atoms with Gasteiger partial charge in [0.2, 0.25) is 5.91 Å². The molecule has 4 rings (SSSR count). The molecule has 9 heteroatoms. The van der Waals surface area contributed by atoms with Crippen LogP contribution in [0.25, 0.3) is 0 Å². The topological polar surface area (TPSA) is 107 Å². The van der Waals surface area contributed by atoms with Gasteiger partial charge in [-0.3, -0.25) is 9.59 Å². The summed E-state index contributed by atoms with van der Waals surface area (Å²) in [4.78, 5) is 39.8. The van der Waals surface area contributed by atoms with Crippen molar-refractivity contribution in [2.75, 3.05) is 19.8 Å². The van der Waals surface area contributed by atoms with E-state index in [0.717, 1.165) is 6.42 Å². The van der Waals surface area contributed by atoms with Crippen molar-refractivity contribution >= 4 is 27.5 Å². The van der Waals surface area contributed by atoms with E-state index in [2.05, 4.69) is 0 Å². The van der Waals surface area contributed by atoms with Crippen LogP contribution in [0.3, 0.4) is 0 Å². The highest BCUT2D eigenvalue weighted by Gasteiger charge is 2.52. The van der Waals surface area contributed by atoms with Crippen LogP contribution in [-0.2, 0) is 19.4 Å². The minimum atomic E-state index is -3.89. The van der Waals surface area contributed by atoms with Gasteiger partial charge >= 0.3 is 5.97 Å². The number of rotatable bonds is 13. The van der Waals surface area contributed by atoms with Crippen LogP contribution >= 0.6 is 0 Å². The molecule has 8 nitrogen and oxygen atoms in total. The molecule has 0 bridgehead atoms. The Hall–Kier alpha value is -3.98. The first-order valence-electron chi connectivity index (χ1n) is 13.9. The SMILES string of the molecule is CCCCC1C(=O)N(CCCOc2ccc(C(=O)OCC)cc2)C(c2cccc(C(=O)c3ccccc3)c2)S1(=O)=O. The highest BCUT2D eigenvalue weighted by atomic mass is 32.2. The fourth-order valence-corrected chi connectivity index (χ4v) is 7.28. The molecule has 0 spiro atoms. The zero-order chi connectivity index (χ0) is 29.4. The van der Waals surface area contributed by atoms with Crippen molar-refractivity contribution in [3.05, 3.63) is 101 Å². The van der Waals surface area contributed by atoms with E-state index in [1.54, 1.807) is 79.7 Å². The van der Waals surface area contributed by atoms with E-state index in [1.165, 1.54) is 4.90 Å². The molecule has 2 unspecified atom stereocenters. The number of sulfone groups is 1. The first kappa shape index (κ1) is 30.0. The maximum absolute atomic E-state index is 13.7. The monoisotopic (exact) mass is 577 g/mol. The second-order valence-electron chi connectivity index (χ2n) is 9.87. The lowest BCUT2D eigenvalue weighted by Crippen LogP contribution is -2.32. The van der Waals surface area contributed by atoms with Crippen molar-refractivity contribution in [3.8, 4) is 5.75 Å². The van der Waals surface area contributed by atoms with Crippen LogP contribution in [0, 0.1) is 0 Å². The Bertz CT molecular complexity index is 1470. The van der Waals surface area contributed by atoms with Crippen LogP contribution in [0.15, 0.2) is 78.9 Å². The number of ether oxygens (including phenoxy) is 2. The van der Waals surface area contributed by atoms with Gasteiger partial charge < -0.3 is 14.4 Å². The van der Waals surface area contributed by atoms with Crippen LogP contribution < -0.4 is 4.74 Å². The Labute approximate surface area is 241 Å². The van der Waals surface area contributed by atoms with Crippen molar-refractivity contribution in [3.63, 3.8) is 0 Å². The number of ketones is 1. The lowest BCUT2D eigenvalue weighted by molar-refractivity contribution is -0.130. The largest absolute Gasteiger partial charge is 0.494 e. The van der Waals surface area contributed by atoms with Crippen molar-refractivity contribution in [2.24, 2.45) is 0 Å². The van der Waals surface area contributed by atoms with Crippen LogP contribution in [0.1, 0.15) is 76.7 Å². The first-order chi connectivity index (χ1) is 19.8.